The van der Waals surface area contributed by atoms with Gasteiger partial charge in [0.1, 0.15) is 6.10 Å². The minimum absolute atomic E-state index is 0.0245. The number of nitrogens with one attached hydrogen (secondary N) is 1. The van der Waals surface area contributed by atoms with Gasteiger partial charge in [-0.3, -0.25) is 4.79 Å². The highest BCUT2D eigenvalue weighted by Crippen LogP contribution is 2.20. The normalized spacial score (nSPS) is 26.4. The molecule has 1 fully saturated rings. The van der Waals surface area contributed by atoms with E-state index in [4.69, 9.17) is 10.5 Å². The van der Waals surface area contributed by atoms with Crippen LogP contribution >= 0.6 is 0 Å². The van der Waals surface area contributed by atoms with Gasteiger partial charge in [-0.15, -0.1) is 0 Å². The van der Waals surface area contributed by atoms with Crippen LogP contribution in [0.2, 0.25) is 0 Å². The lowest BCUT2D eigenvalue weighted by Crippen LogP contribution is -2.35. The van der Waals surface area contributed by atoms with Gasteiger partial charge in [-0.25, -0.2) is 4.98 Å². The molecule has 5 heteroatoms. The van der Waals surface area contributed by atoms with E-state index in [1.807, 2.05) is 0 Å². The summed E-state index contributed by atoms with van der Waals surface area (Å²) in [5.41, 5.74) is 5.51. The Morgan fingerprint density at radius 2 is 2.43 bits per heavy atom. The highest BCUT2D eigenvalue weighted by molar-refractivity contribution is 5.04. The fraction of sp³-hybridized carbons (Fsp3) is 0.556. The smallest absolute Gasteiger partial charge is 0.310 e. The van der Waals surface area contributed by atoms with Gasteiger partial charge >= 0.3 is 5.56 Å². The average Bonchev–Trinajstić information content (AvgIpc) is 2.56. The largest absolute Gasteiger partial charge is 0.469 e. The van der Waals surface area contributed by atoms with Crippen molar-refractivity contribution in [2.24, 2.45) is 5.73 Å². The van der Waals surface area contributed by atoms with Crippen LogP contribution in [-0.4, -0.2) is 22.1 Å². The Bertz CT molecular complexity index is 363. The van der Waals surface area contributed by atoms with Crippen LogP contribution in [0.15, 0.2) is 17.2 Å². The van der Waals surface area contributed by atoms with Crippen molar-refractivity contribution in [2.75, 3.05) is 0 Å². The van der Waals surface area contributed by atoms with Crippen molar-refractivity contribution in [3.63, 3.8) is 0 Å². The van der Waals surface area contributed by atoms with Gasteiger partial charge < -0.3 is 15.5 Å². The second-order valence-electron chi connectivity index (χ2n) is 3.47. The first-order chi connectivity index (χ1) is 6.77. The molecule has 1 heterocycles. The molecule has 0 aromatic carbocycles. The molecule has 1 saturated carbocycles. The van der Waals surface area contributed by atoms with Crippen LogP contribution in [-0.2, 0) is 0 Å². The molecular weight excluding hydrogens is 182 g/mol. The van der Waals surface area contributed by atoms with Gasteiger partial charge in [0.25, 0.3) is 5.88 Å². The molecule has 14 heavy (non-hydrogen) atoms. The Morgan fingerprint density at radius 3 is 3.07 bits per heavy atom. The molecule has 1 aromatic heterocycles. The molecule has 0 radical (unpaired) electrons. The minimum Gasteiger partial charge on any atom is -0.469 e. The van der Waals surface area contributed by atoms with Crippen molar-refractivity contribution < 1.29 is 4.74 Å². The second kappa shape index (κ2) is 3.79. The fourth-order valence-corrected chi connectivity index (χ4v) is 1.67. The van der Waals surface area contributed by atoms with Crippen LogP contribution in [0.1, 0.15) is 19.3 Å². The van der Waals surface area contributed by atoms with Crippen molar-refractivity contribution in [2.45, 2.75) is 31.4 Å². The lowest BCUT2D eigenvalue weighted by atomic mass is 10.2. The van der Waals surface area contributed by atoms with Gasteiger partial charge in [0.05, 0.1) is 0 Å². The fourth-order valence-electron chi connectivity index (χ4n) is 1.67. The van der Waals surface area contributed by atoms with Crippen LogP contribution in [0, 0.1) is 0 Å². The van der Waals surface area contributed by atoms with E-state index in [0.29, 0.717) is 0 Å². The number of nitrogens with two attached hydrogens (primary N) is 1. The third kappa shape index (κ3) is 1.77. The zero-order valence-electron chi connectivity index (χ0n) is 7.77. The molecular formula is C9H13N3O2. The van der Waals surface area contributed by atoms with Crippen LogP contribution < -0.4 is 16.0 Å². The van der Waals surface area contributed by atoms with Crippen LogP contribution in [0.5, 0.6) is 5.88 Å². The molecule has 5 nitrogen and oxygen atoms in total. The average molecular weight is 195 g/mol. The van der Waals surface area contributed by atoms with Gasteiger partial charge in [-0.2, -0.15) is 0 Å². The lowest BCUT2D eigenvalue weighted by Gasteiger charge is -2.15. The maximum absolute atomic E-state index is 11.2. The van der Waals surface area contributed by atoms with Crippen molar-refractivity contribution in [3.8, 4) is 5.88 Å². The maximum Gasteiger partial charge on any atom is 0.310 e. The van der Waals surface area contributed by atoms with Crippen molar-refractivity contribution in [1.82, 2.24) is 9.97 Å². The highest BCUT2D eigenvalue weighted by Gasteiger charge is 2.26. The first-order valence-corrected chi connectivity index (χ1v) is 4.73. The summed E-state index contributed by atoms with van der Waals surface area (Å²) in [5, 5.41) is 0. The highest BCUT2D eigenvalue weighted by atomic mass is 16.5. The second-order valence-corrected chi connectivity index (χ2v) is 3.47. The number of hydrogen-bond acceptors (Lipinski definition) is 4. The summed E-state index contributed by atoms with van der Waals surface area (Å²) in [5.74, 6) is 0.120. The number of H-pyrrole nitrogens is 1. The van der Waals surface area contributed by atoms with E-state index in [2.05, 4.69) is 9.97 Å². The number of nitrogens with zero attached hydrogens (tertiary/aromatic N) is 1. The summed E-state index contributed by atoms with van der Waals surface area (Å²) >= 11 is 0. The van der Waals surface area contributed by atoms with Crippen molar-refractivity contribution in [1.29, 1.82) is 0 Å². The zero-order chi connectivity index (χ0) is 9.97. The van der Waals surface area contributed by atoms with E-state index in [9.17, 15) is 4.79 Å². The minimum atomic E-state index is -0.299. The quantitative estimate of drug-likeness (QED) is 0.697. The van der Waals surface area contributed by atoms with Gasteiger partial charge in [0.2, 0.25) is 0 Å². The Labute approximate surface area is 81.3 Å². The number of rotatable bonds is 2. The summed E-state index contributed by atoms with van der Waals surface area (Å²) in [6.07, 6.45) is 5.82. The van der Waals surface area contributed by atoms with Gasteiger partial charge in [-0.1, -0.05) is 0 Å². The molecule has 2 unspecified atom stereocenters. The van der Waals surface area contributed by atoms with E-state index in [0.717, 1.165) is 19.3 Å². The molecule has 76 valence electrons. The maximum atomic E-state index is 11.2. The van der Waals surface area contributed by atoms with E-state index in [1.54, 1.807) is 0 Å². The summed E-state index contributed by atoms with van der Waals surface area (Å²) in [7, 11) is 0. The molecule has 0 amide bonds. The molecule has 3 N–H and O–H groups in total. The third-order valence-corrected chi connectivity index (χ3v) is 2.44. The molecule has 0 saturated heterocycles. The Hall–Kier alpha value is -1.36. The van der Waals surface area contributed by atoms with E-state index >= 15 is 0 Å². The number of aromatic nitrogens is 2. The van der Waals surface area contributed by atoms with Gasteiger partial charge in [0, 0.05) is 18.4 Å². The monoisotopic (exact) mass is 195 g/mol. The van der Waals surface area contributed by atoms with Crippen molar-refractivity contribution >= 4 is 0 Å². The molecule has 1 aliphatic carbocycles. The summed E-state index contributed by atoms with van der Waals surface area (Å²) in [6.45, 7) is 0. The van der Waals surface area contributed by atoms with Crippen LogP contribution in [0.3, 0.4) is 0 Å². The molecule has 1 aliphatic rings. The summed E-state index contributed by atoms with van der Waals surface area (Å²) in [6, 6.07) is 0.0245. The zero-order valence-corrected chi connectivity index (χ0v) is 7.77. The molecule has 2 rings (SSSR count). The van der Waals surface area contributed by atoms with E-state index in [1.165, 1.54) is 12.4 Å². The standard InChI is InChI=1S/C9H13N3O2/c10-6-2-1-3-7(6)14-9-8(13)11-4-5-12-9/h4-7H,1-3,10H2,(H,11,13). The molecule has 2 atom stereocenters. The number of ether oxygens (including phenoxy) is 1. The Kier molecular flexibility index (Phi) is 2.49. The van der Waals surface area contributed by atoms with E-state index in [-0.39, 0.29) is 23.6 Å². The lowest BCUT2D eigenvalue weighted by molar-refractivity contribution is 0.181. The van der Waals surface area contributed by atoms with Gasteiger partial charge in [0.15, 0.2) is 0 Å². The number of hydrogen-bond donors (Lipinski definition) is 2. The first kappa shape index (κ1) is 9.21. The number of aromatic amines is 1. The molecule has 0 spiro atoms. The Balaban J connectivity index is 2.11. The predicted molar refractivity (Wildman–Crippen MR) is 51.1 cm³/mol. The topological polar surface area (TPSA) is 81.0 Å². The van der Waals surface area contributed by atoms with Gasteiger partial charge in [-0.05, 0) is 19.3 Å². The summed E-state index contributed by atoms with van der Waals surface area (Å²) < 4.78 is 5.44. The molecule has 0 bridgehead atoms. The summed E-state index contributed by atoms with van der Waals surface area (Å²) in [4.78, 5) is 17.6. The SMILES string of the molecule is NC1CCCC1Oc1ncc[nH]c1=O. The van der Waals surface area contributed by atoms with Crippen LogP contribution in [0.25, 0.3) is 0 Å². The first-order valence-electron chi connectivity index (χ1n) is 4.73. The molecule has 1 aromatic rings. The molecule has 0 aliphatic heterocycles. The van der Waals surface area contributed by atoms with Crippen LogP contribution in [0.4, 0.5) is 0 Å². The predicted octanol–water partition coefficient (Wildman–Crippen LogP) is 0.0285. The third-order valence-electron chi connectivity index (χ3n) is 2.44. The van der Waals surface area contributed by atoms with Crippen molar-refractivity contribution in [3.05, 3.63) is 22.7 Å². The Morgan fingerprint density at radius 1 is 1.57 bits per heavy atom. The van der Waals surface area contributed by atoms with E-state index < -0.39 is 0 Å².